The lowest BCUT2D eigenvalue weighted by molar-refractivity contribution is 0.214. The molecule has 0 bridgehead atoms. The van der Waals surface area contributed by atoms with Gasteiger partial charge in [0.15, 0.2) is 23.3 Å². The first-order valence-corrected chi connectivity index (χ1v) is 9.06. The second-order valence-corrected chi connectivity index (χ2v) is 6.65. The van der Waals surface area contributed by atoms with Crippen molar-refractivity contribution >= 4 is 23.5 Å². The van der Waals surface area contributed by atoms with Crippen LogP contribution in [0.5, 0.6) is 5.75 Å². The standard InChI is InChI=1S/C18H16F5NO2S/c1-2-3-4-9-27-11-7-5-10(6-8-11)26-18(25)24-17-15(22)13(20)12(19)14(21)16(17)23/h5-8H,2-4,9H2,1H3,(H,24,25). The van der Waals surface area contributed by atoms with Crippen LogP contribution >= 0.6 is 11.8 Å². The van der Waals surface area contributed by atoms with Gasteiger partial charge in [-0.3, -0.25) is 5.32 Å². The lowest BCUT2D eigenvalue weighted by Gasteiger charge is -2.10. The first kappa shape index (κ1) is 21.0. The summed E-state index contributed by atoms with van der Waals surface area (Å²) in [5, 5.41) is 1.54. The molecule has 0 aromatic heterocycles. The summed E-state index contributed by atoms with van der Waals surface area (Å²) in [7, 11) is 0. The van der Waals surface area contributed by atoms with Crippen LogP contribution in [-0.4, -0.2) is 11.8 Å². The summed E-state index contributed by atoms with van der Waals surface area (Å²) >= 11 is 1.62. The normalized spacial score (nSPS) is 10.7. The van der Waals surface area contributed by atoms with Crippen molar-refractivity contribution < 1.29 is 31.5 Å². The first-order chi connectivity index (χ1) is 12.8. The number of hydrogen-bond acceptors (Lipinski definition) is 3. The van der Waals surface area contributed by atoms with Crippen molar-refractivity contribution in [3.63, 3.8) is 0 Å². The van der Waals surface area contributed by atoms with Gasteiger partial charge in [-0.1, -0.05) is 19.8 Å². The Hall–Kier alpha value is -2.29. The number of thioether (sulfide) groups is 1. The van der Waals surface area contributed by atoms with Gasteiger partial charge in [-0.2, -0.15) is 0 Å². The Morgan fingerprint density at radius 3 is 2.04 bits per heavy atom. The molecular weight excluding hydrogens is 389 g/mol. The highest BCUT2D eigenvalue weighted by Gasteiger charge is 2.27. The minimum Gasteiger partial charge on any atom is -0.410 e. The second-order valence-electron chi connectivity index (χ2n) is 5.49. The summed E-state index contributed by atoms with van der Waals surface area (Å²) in [6.07, 6.45) is 1.93. The van der Waals surface area contributed by atoms with E-state index in [1.807, 2.05) is 0 Å². The van der Waals surface area contributed by atoms with Gasteiger partial charge in [-0.05, 0) is 36.4 Å². The summed E-state index contributed by atoms with van der Waals surface area (Å²) in [6, 6.07) is 6.30. The van der Waals surface area contributed by atoms with Gasteiger partial charge >= 0.3 is 6.09 Å². The van der Waals surface area contributed by atoms with E-state index in [1.54, 1.807) is 23.9 Å². The van der Waals surface area contributed by atoms with Crippen LogP contribution in [0.2, 0.25) is 0 Å². The lowest BCUT2D eigenvalue weighted by atomic mass is 10.2. The molecule has 2 rings (SSSR count). The smallest absolute Gasteiger partial charge is 0.410 e. The summed E-state index contributed by atoms with van der Waals surface area (Å²) in [4.78, 5) is 12.7. The van der Waals surface area contributed by atoms with Crippen molar-refractivity contribution in [2.45, 2.75) is 31.1 Å². The predicted octanol–water partition coefficient (Wildman–Crippen LogP) is 6.28. The van der Waals surface area contributed by atoms with Crippen LogP contribution in [0.25, 0.3) is 0 Å². The maximum Gasteiger partial charge on any atom is 0.417 e. The van der Waals surface area contributed by atoms with E-state index in [0.717, 1.165) is 29.9 Å². The number of anilines is 1. The number of amides is 1. The van der Waals surface area contributed by atoms with E-state index >= 15 is 0 Å². The van der Waals surface area contributed by atoms with Crippen LogP contribution in [0.3, 0.4) is 0 Å². The molecule has 0 spiro atoms. The highest BCUT2D eigenvalue weighted by Crippen LogP contribution is 2.28. The molecule has 9 heteroatoms. The van der Waals surface area contributed by atoms with Crippen molar-refractivity contribution in [2.75, 3.05) is 11.1 Å². The maximum atomic E-state index is 13.5. The predicted molar refractivity (Wildman–Crippen MR) is 92.6 cm³/mol. The average molecular weight is 405 g/mol. The third-order valence-corrected chi connectivity index (χ3v) is 4.59. The molecule has 2 aromatic carbocycles. The number of halogens is 5. The van der Waals surface area contributed by atoms with Gasteiger partial charge in [0.1, 0.15) is 11.4 Å². The van der Waals surface area contributed by atoms with Gasteiger partial charge in [0.05, 0.1) is 0 Å². The van der Waals surface area contributed by atoms with Crippen LogP contribution in [-0.2, 0) is 0 Å². The lowest BCUT2D eigenvalue weighted by Crippen LogP contribution is -2.20. The van der Waals surface area contributed by atoms with E-state index in [0.29, 0.717) is 0 Å². The Morgan fingerprint density at radius 1 is 0.926 bits per heavy atom. The van der Waals surface area contributed by atoms with E-state index in [2.05, 4.69) is 6.92 Å². The van der Waals surface area contributed by atoms with E-state index < -0.39 is 40.9 Å². The molecule has 0 aliphatic rings. The summed E-state index contributed by atoms with van der Waals surface area (Å²) < 4.78 is 71.1. The molecule has 0 saturated heterocycles. The van der Waals surface area contributed by atoms with Crippen molar-refractivity contribution in [1.29, 1.82) is 0 Å². The number of ether oxygens (including phenoxy) is 1. The Kier molecular flexibility index (Phi) is 7.46. The highest BCUT2D eigenvalue weighted by molar-refractivity contribution is 7.99. The van der Waals surface area contributed by atoms with Crippen molar-refractivity contribution in [3.8, 4) is 5.75 Å². The fourth-order valence-corrected chi connectivity index (χ4v) is 3.01. The fourth-order valence-electron chi connectivity index (χ4n) is 2.10. The van der Waals surface area contributed by atoms with Gasteiger partial charge in [0, 0.05) is 4.90 Å². The zero-order chi connectivity index (χ0) is 20.0. The summed E-state index contributed by atoms with van der Waals surface area (Å²) in [6.45, 7) is 2.11. The highest BCUT2D eigenvalue weighted by atomic mass is 32.2. The molecule has 0 heterocycles. The van der Waals surface area contributed by atoms with Gasteiger partial charge in [0.2, 0.25) is 5.82 Å². The average Bonchev–Trinajstić information content (AvgIpc) is 2.67. The molecule has 3 nitrogen and oxygen atoms in total. The molecule has 0 fully saturated rings. The minimum absolute atomic E-state index is 0.0503. The SMILES string of the molecule is CCCCCSc1ccc(OC(=O)Nc2c(F)c(F)c(F)c(F)c2F)cc1. The molecule has 0 unspecified atom stereocenters. The van der Waals surface area contributed by atoms with Crippen LogP contribution in [0.1, 0.15) is 26.2 Å². The summed E-state index contributed by atoms with van der Waals surface area (Å²) in [5.41, 5.74) is -1.47. The van der Waals surface area contributed by atoms with Crippen LogP contribution < -0.4 is 10.1 Å². The molecule has 0 atom stereocenters. The van der Waals surface area contributed by atoms with Crippen molar-refractivity contribution in [1.82, 2.24) is 0 Å². The molecule has 0 radical (unpaired) electrons. The van der Waals surface area contributed by atoms with E-state index in [-0.39, 0.29) is 5.75 Å². The van der Waals surface area contributed by atoms with Gasteiger partial charge < -0.3 is 4.74 Å². The third kappa shape index (κ3) is 5.35. The quantitative estimate of drug-likeness (QED) is 0.194. The maximum absolute atomic E-state index is 13.5. The first-order valence-electron chi connectivity index (χ1n) is 8.08. The zero-order valence-electron chi connectivity index (χ0n) is 14.3. The number of rotatable bonds is 7. The van der Waals surface area contributed by atoms with Crippen molar-refractivity contribution in [3.05, 3.63) is 53.4 Å². The number of hydrogen-bond donors (Lipinski definition) is 1. The topological polar surface area (TPSA) is 38.3 Å². The molecule has 1 N–H and O–H groups in total. The zero-order valence-corrected chi connectivity index (χ0v) is 15.1. The number of nitrogens with one attached hydrogen (secondary N) is 1. The Balaban J connectivity index is 2.00. The second kappa shape index (κ2) is 9.59. The number of carbonyl (C=O) groups is 1. The van der Waals surface area contributed by atoms with Crippen LogP contribution in [0, 0.1) is 29.1 Å². The van der Waals surface area contributed by atoms with Gasteiger partial charge in [-0.25, -0.2) is 26.7 Å². The molecule has 2 aromatic rings. The van der Waals surface area contributed by atoms with Gasteiger partial charge in [0.25, 0.3) is 0 Å². The van der Waals surface area contributed by atoms with Crippen molar-refractivity contribution in [2.24, 2.45) is 0 Å². The molecule has 146 valence electrons. The molecule has 27 heavy (non-hydrogen) atoms. The van der Waals surface area contributed by atoms with Gasteiger partial charge in [-0.15, -0.1) is 11.8 Å². The number of carbonyl (C=O) groups excluding carboxylic acids is 1. The Morgan fingerprint density at radius 2 is 1.48 bits per heavy atom. The molecule has 0 saturated carbocycles. The van der Waals surface area contributed by atoms with E-state index in [9.17, 15) is 26.7 Å². The molecular formula is C18H16F5NO2S. The van der Waals surface area contributed by atoms with Crippen LogP contribution in [0.15, 0.2) is 29.2 Å². The number of unbranched alkanes of at least 4 members (excludes halogenated alkanes) is 2. The molecule has 1 amide bonds. The Bertz CT molecular complexity index is 785. The van der Waals surface area contributed by atoms with Crippen LogP contribution in [0.4, 0.5) is 32.4 Å². The molecule has 0 aliphatic heterocycles. The van der Waals surface area contributed by atoms with E-state index in [4.69, 9.17) is 4.74 Å². The molecule has 0 aliphatic carbocycles. The summed E-state index contributed by atoms with van der Waals surface area (Å²) in [5.74, 6) is -9.94. The largest absolute Gasteiger partial charge is 0.417 e. The minimum atomic E-state index is -2.31. The number of benzene rings is 2. The van der Waals surface area contributed by atoms with E-state index in [1.165, 1.54) is 17.4 Å². The monoisotopic (exact) mass is 405 g/mol. The third-order valence-electron chi connectivity index (χ3n) is 3.49. The fraction of sp³-hybridized carbons (Fsp3) is 0.278. The Labute approximate surface area is 156 Å².